The molecule has 0 saturated carbocycles. The van der Waals surface area contributed by atoms with E-state index in [9.17, 15) is 9.18 Å². The Morgan fingerprint density at radius 2 is 2.37 bits per heavy atom. The molecule has 1 N–H and O–H groups in total. The molecule has 0 aliphatic carbocycles. The number of hydrogen-bond donors (Lipinski definition) is 1. The SMILES string of the molecule is O=C1CNCCCN1CC1Cc2cc(F)ccc2O1. The number of nitrogens with one attached hydrogen (secondary N) is 1. The van der Waals surface area contributed by atoms with Crippen molar-refractivity contribution < 1.29 is 13.9 Å². The Bertz CT molecular complexity index is 492. The predicted octanol–water partition coefficient (Wildman–Crippen LogP) is 0.951. The third-order valence-corrected chi connectivity index (χ3v) is 3.60. The number of hydrogen-bond acceptors (Lipinski definition) is 3. The van der Waals surface area contributed by atoms with Gasteiger partial charge in [-0.15, -0.1) is 0 Å². The summed E-state index contributed by atoms with van der Waals surface area (Å²) in [5, 5.41) is 3.09. The highest BCUT2D eigenvalue weighted by Gasteiger charge is 2.27. The van der Waals surface area contributed by atoms with Gasteiger partial charge in [0.25, 0.3) is 0 Å². The smallest absolute Gasteiger partial charge is 0.236 e. The van der Waals surface area contributed by atoms with Crippen molar-refractivity contribution >= 4 is 5.91 Å². The lowest BCUT2D eigenvalue weighted by atomic mass is 10.1. The van der Waals surface area contributed by atoms with Gasteiger partial charge in [0.2, 0.25) is 5.91 Å². The van der Waals surface area contributed by atoms with Crippen molar-refractivity contribution in [3.05, 3.63) is 29.6 Å². The quantitative estimate of drug-likeness (QED) is 0.865. The second-order valence-electron chi connectivity index (χ2n) is 5.07. The molecular weight excluding hydrogens is 247 g/mol. The van der Waals surface area contributed by atoms with E-state index in [0.29, 0.717) is 19.5 Å². The number of nitrogens with zero attached hydrogens (tertiary/aromatic N) is 1. The summed E-state index contributed by atoms with van der Waals surface area (Å²) in [4.78, 5) is 13.7. The van der Waals surface area contributed by atoms with E-state index >= 15 is 0 Å². The van der Waals surface area contributed by atoms with Crippen molar-refractivity contribution in [2.24, 2.45) is 0 Å². The highest BCUT2D eigenvalue weighted by atomic mass is 19.1. The monoisotopic (exact) mass is 264 g/mol. The molecule has 2 aliphatic rings. The number of benzene rings is 1. The van der Waals surface area contributed by atoms with Crippen molar-refractivity contribution in [3.8, 4) is 5.75 Å². The molecule has 1 fully saturated rings. The molecule has 4 nitrogen and oxygen atoms in total. The Balaban J connectivity index is 1.64. The minimum atomic E-state index is -0.238. The van der Waals surface area contributed by atoms with Crippen LogP contribution < -0.4 is 10.1 Å². The Morgan fingerprint density at radius 1 is 1.47 bits per heavy atom. The molecule has 0 radical (unpaired) electrons. The molecule has 2 heterocycles. The summed E-state index contributed by atoms with van der Waals surface area (Å²) in [5.41, 5.74) is 0.894. The van der Waals surface area contributed by atoms with E-state index in [2.05, 4.69) is 5.32 Å². The second kappa shape index (κ2) is 5.17. The van der Waals surface area contributed by atoms with E-state index in [4.69, 9.17) is 4.74 Å². The molecule has 1 saturated heterocycles. The fourth-order valence-electron chi connectivity index (χ4n) is 2.66. The molecule has 102 valence electrons. The van der Waals surface area contributed by atoms with Gasteiger partial charge >= 0.3 is 0 Å². The lowest BCUT2D eigenvalue weighted by Crippen LogP contribution is -2.41. The van der Waals surface area contributed by atoms with Gasteiger partial charge in [-0.2, -0.15) is 0 Å². The average Bonchev–Trinajstić information content (AvgIpc) is 2.66. The minimum absolute atomic E-state index is 0.0566. The Hall–Kier alpha value is -1.62. The molecule has 1 aromatic carbocycles. The molecular formula is C14H17FN2O2. The number of carbonyl (C=O) groups excluding carboxylic acids is 1. The maximum absolute atomic E-state index is 13.1. The highest BCUT2D eigenvalue weighted by Crippen LogP contribution is 2.29. The summed E-state index contributed by atoms with van der Waals surface area (Å²) in [6, 6.07) is 4.58. The van der Waals surface area contributed by atoms with Gasteiger partial charge < -0.3 is 15.0 Å². The fraction of sp³-hybridized carbons (Fsp3) is 0.500. The first-order valence-electron chi connectivity index (χ1n) is 6.66. The van der Waals surface area contributed by atoms with Crippen LogP contribution in [-0.4, -0.2) is 43.1 Å². The van der Waals surface area contributed by atoms with Crippen LogP contribution in [0.1, 0.15) is 12.0 Å². The van der Waals surface area contributed by atoms with Gasteiger partial charge in [0.1, 0.15) is 17.7 Å². The number of rotatable bonds is 2. The summed E-state index contributed by atoms with van der Waals surface area (Å²) in [6.07, 6.45) is 1.57. The van der Waals surface area contributed by atoms with Crippen molar-refractivity contribution in [1.82, 2.24) is 10.2 Å². The molecule has 1 unspecified atom stereocenters. The Kier molecular flexibility index (Phi) is 3.38. The van der Waals surface area contributed by atoms with Gasteiger partial charge in [-0.1, -0.05) is 0 Å². The van der Waals surface area contributed by atoms with E-state index in [0.717, 1.165) is 30.8 Å². The van der Waals surface area contributed by atoms with Crippen LogP contribution in [0.15, 0.2) is 18.2 Å². The van der Waals surface area contributed by atoms with Crippen LogP contribution in [0.5, 0.6) is 5.75 Å². The second-order valence-corrected chi connectivity index (χ2v) is 5.07. The van der Waals surface area contributed by atoms with Gasteiger partial charge in [-0.05, 0) is 31.2 Å². The van der Waals surface area contributed by atoms with E-state index < -0.39 is 0 Å². The first kappa shape index (κ1) is 12.4. The van der Waals surface area contributed by atoms with Gasteiger partial charge in [-0.25, -0.2) is 4.39 Å². The summed E-state index contributed by atoms with van der Waals surface area (Å²) >= 11 is 0. The van der Waals surface area contributed by atoms with Crippen LogP contribution in [0.3, 0.4) is 0 Å². The minimum Gasteiger partial charge on any atom is -0.488 e. The lowest BCUT2D eigenvalue weighted by molar-refractivity contribution is -0.130. The summed E-state index contributed by atoms with van der Waals surface area (Å²) in [6.45, 7) is 2.61. The topological polar surface area (TPSA) is 41.6 Å². The third-order valence-electron chi connectivity index (χ3n) is 3.60. The van der Waals surface area contributed by atoms with Gasteiger partial charge in [-0.3, -0.25) is 4.79 Å². The zero-order valence-electron chi connectivity index (χ0n) is 10.7. The first-order chi connectivity index (χ1) is 9.22. The Morgan fingerprint density at radius 3 is 3.26 bits per heavy atom. The first-order valence-corrected chi connectivity index (χ1v) is 6.66. The number of fused-ring (bicyclic) bond motifs is 1. The standard InChI is InChI=1S/C14H17FN2O2/c15-11-2-3-13-10(6-11)7-12(19-13)9-17-5-1-4-16-8-14(17)18/h2-3,6,12,16H,1,4-5,7-9H2. The summed E-state index contributed by atoms with van der Waals surface area (Å²) in [5.74, 6) is 0.619. The molecule has 1 atom stereocenters. The molecule has 2 aliphatic heterocycles. The molecule has 5 heteroatoms. The highest BCUT2D eigenvalue weighted by molar-refractivity contribution is 5.78. The zero-order chi connectivity index (χ0) is 13.2. The van der Waals surface area contributed by atoms with Gasteiger partial charge in [0, 0.05) is 18.5 Å². The van der Waals surface area contributed by atoms with Crippen LogP contribution in [0.25, 0.3) is 0 Å². The molecule has 19 heavy (non-hydrogen) atoms. The van der Waals surface area contributed by atoms with Crippen LogP contribution in [-0.2, 0) is 11.2 Å². The summed E-state index contributed by atoms with van der Waals surface area (Å²) in [7, 11) is 0. The maximum Gasteiger partial charge on any atom is 0.236 e. The molecule has 3 rings (SSSR count). The van der Waals surface area contributed by atoms with Crippen LogP contribution >= 0.6 is 0 Å². The van der Waals surface area contributed by atoms with Gasteiger partial charge in [0.05, 0.1) is 13.1 Å². The number of carbonyl (C=O) groups is 1. The number of ether oxygens (including phenoxy) is 1. The maximum atomic E-state index is 13.1. The van der Waals surface area contributed by atoms with E-state index in [1.165, 1.54) is 12.1 Å². The predicted molar refractivity (Wildman–Crippen MR) is 68.6 cm³/mol. The van der Waals surface area contributed by atoms with E-state index in [1.54, 1.807) is 6.07 Å². The van der Waals surface area contributed by atoms with Gasteiger partial charge in [0.15, 0.2) is 0 Å². The van der Waals surface area contributed by atoms with Crippen LogP contribution in [0.4, 0.5) is 4.39 Å². The average molecular weight is 264 g/mol. The molecule has 0 bridgehead atoms. The number of amides is 1. The molecule has 1 aromatic rings. The fourth-order valence-corrected chi connectivity index (χ4v) is 2.66. The van der Waals surface area contributed by atoms with Crippen molar-refractivity contribution in [2.45, 2.75) is 18.9 Å². The largest absolute Gasteiger partial charge is 0.488 e. The molecule has 0 aromatic heterocycles. The third kappa shape index (κ3) is 2.71. The van der Waals surface area contributed by atoms with Crippen molar-refractivity contribution in [1.29, 1.82) is 0 Å². The summed E-state index contributed by atoms with van der Waals surface area (Å²) < 4.78 is 18.9. The van der Waals surface area contributed by atoms with E-state index in [-0.39, 0.29) is 17.8 Å². The number of halogens is 1. The zero-order valence-corrected chi connectivity index (χ0v) is 10.7. The molecule has 1 amide bonds. The van der Waals surface area contributed by atoms with Crippen LogP contribution in [0, 0.1) is 5.82 Å². The lowest BCUT2D eigenvalue weighted by Gasteiger charge is -2.23. The molecule has 0 spiro atoms. The van der Waals surface area contributed by atoms with Crippen molar-refractivity contribution in [2.75, 3.05) is 26.2 Å². The van der Waals surface area contributed by atoms with E-state index in [1.807, 2.05) is 4.90 Å². The Labute approximate surface area is 111 Å². The van der Waals surface area contributed by atoms with Crippen LogP contribution in [0.2, 0.25) is 0 Å². The normalized spacial score (nSPS) is 22.9. The van der Waals surface area contributed by atoms with Crippen molar-refractivity contribution in [3.63, 3.8) is 0 Å².